The molecule has 0 aliphatic carbocycles. The van der Waals surface area contributed by atoms with E-state index in [4.69, 9.17) is 0 Å². The topological polar surface area (TPSA) is 19.0 Å². The Morgan fingerprint density at radius 3 is 2.71 bits per heavy atom. The van der Waals surface area contributed by atoms with Gasteiger partial charge in [0.15, 0.2) is 0 Å². The van der Waals surface area contributed by atoms with E-state index in [0.717, 1.165) is 5.69 Å². The highest BCUT2D eigenvalue weighted by Crippen LogP contribution is 2.28. The molecule has 0 bridgehead atoms. The minimum Gasteiger partial charge on any atom is -0.363 e. The van der Waals surface area contributed by atoms with E-state index < -0.39 is 12.7 Å². The highest BCUT2D eigenvalue weighted by atomic mass is 19.4. The number of fused-ring (bicyclic) bond motifs is 1. The molecule has 0 unspecified atom stereocenters. The first-order chi connectivity index (χ1) is 7.87. The molecule has 0 radical (unpaired) electrons. The Kier molecular flexibility index (Phi) is 3.21. The van der Waals surface area contributed by atoms with E-state index >= 15 is 0 Å². The van der Waals surface area contributed by atoms with Crippen molar-refractivity contribution in [2.24, 2.45) is 0 Å². The molecule has 0 fully saturated rings. The number of hydrogen-bond donors (Lipinski definition) is 1. The van der Waals surface area contributed by atoms with Crippen molar-refractivity contribution in [2.75, 3.05) is 13.1 Å². The number of rotatable bonds is 2. The summed E-state index contributed by atoms with van der Waals surface area (Å²) in [5.74, 6) is 0.421. The first-order valence-corrected chi connectivity index (χ1v) is 5.85. The number of aromatic nitrogens is 1. The Hall–Kier alpha value is -0.970. The minimum atomic E-state index is -4.11. The van der Waals surface area contributed by atoms with E-state index in [-0.39, 0.29) is 0 Å². The van der Waals surface area contributed by atoms with Gasteiger partial charge in [0.1, 0.15) is 0 Å². The van der Waals surface area contributed by atoms with Gasteiger partial charge in [-0.1, -0.05) is 13.8 Å². The molecule has 2 heterocycles. The number of nitrogens with one attached hydrogen (secondary N) is 1. The second-order valence-electron chi connectivity index (χ2n) is 4.93. The third kappa shape index (κ3) is 2.83. The Labute approximate surface area is 98.8 Å². The van der Waals surface area contributed by atoms with Gasteiger partial charge in [-0.3, -0.25) is 4.90 Å². The van der Waals surface area contributed by atoms with Crippen LogP contribution < -0.4 is 0 Å². The zero-order valence-corrected chi connectivity index (χ0v) is 10.1. The molecule has 5 heteroatoms. The van der Waals surface area contributed by atoms with Crippen molar-refractivity contribution in [3.05, 3.63) is 23.0 Å². The van der Waals surface area contributed by atoms with Crippen LogP contribution >= 0.6 is 0 Å². The van der Waals surface area contributed by atoms with Gasteiger partial charge in [0.2, 0.25) is 0 Å². The Morgan fingerprint density at radius 1 is 1.41 bits per heavy atom. The van der Waals surface area contributed by atoms with Crippen molar-refractivity contribution >= 4 is 0 Å². The smallest absolute Gasteiger partial charge is 0.363 e. The first kappa shape index (κ1) is 12.5. The number of alkyl halides is 3. The fourth-order valence-electron chi connectivity index (χ4n) is 2.43. The third-order valence-electron chi connectivity index (χ3n) is 3.20. The predicted octanol–water partition coefficient (Wildman–Crippen LogP) is 3.06. The summed E-state index contributed by atoms with van der Waals surface area (Å²) in [4.78, 5) is 4.56. The van der Waals surface area contributed by atoms with Crippen LogP contribution in [0.5, 0.6) is 0 Å². The Balaban J connectivity index is 2.10. The van der Waals surface area contributed by atoms with Gasteiger partial charge in [-0.05, 0) is 23.5 Å². The highest BCUT2D eigenvalue weighted by Gasteiger charge is 2.32. The van der Waals surface area contributed by atoms with E-state index in [1.807, 2.05) is 6.20 Å². The molecule has 2 nitrogen and oxygen atoms in total. The van der Waals surface area contributed by atoms with Gasteiger partial charge >= 0.3 is 6.18 Å². The molecule has 17 heavy (non-hydrogen) atoms. The van der Waals surface area contributed by atoms with E-state index in [9.17, 15) is 13.2 Å². The molecule has 0 saturated heterocycles. The summed E-state index contributed by atoms with van der Waals surface area (Å²) in [5.41, 5.74) is 3.41. The number of halogens is 3. The van der Waals surface area contributed by atoms with Crippen molar-refractivity contribution in [1.29, 1.82) is 0 Å². The molecular formula is C12H17F3N2. The summed E-state index contributed by atoms with van der Waals surface area (Å²) in [6, 6.07) is 0. The van der Waals surface area contributed by atoms with Gasteiger partial charge in [0, 0.05) is 25.0 Å². The Bertz CT molecular complexity index is 393. The van der Waals surface area contributed by atoms with Gasteiger partial charge in [-0.2, -0.15) is 13.2 Å². The SMILES string of the molecule is CC(C)c1c[nH]c2c1CCN(CC(F)(F)F)C2. The second-order valence-corrected chi connectivity index (χ2v) is 4.93. The monoisotopic (exact) mass is 246 g/mol. The van der Waals surface area contributed by atoms with E-state index in [0.29, 0.717) is 25.4 Å². The number of nitrogens with zero attached hydrogens (tertiary/aromatic N) is 1. The Morgan fingerprint density at radius 2 is 2.12 bits per heavy atom. The van der Waals surface area contributed by atoms with E-state index in [1.54, 1.807) is 0 Å². The molecule has 0 saturated carbocycles. The van der Waals surface area contributed by atoms with Crippen LogP contribution in [0.15, 0.2) is 6.20 Å². The molecule has 2 rings (SSSR count). The van der Waals surface area contributed by atoms with E-state index in [2.05, 4.69) is 18.8 Å². The second kappa shape index (κ2) is 4.37. The molecule has 1 aromatic rings. The van der Waals surface area contributed by atoms with Crippen LogP contribution in [0.3, 0.4) is 0 Å². The number of hydrogen-bond acceptors (Lipinski definition) is 1. The molecule has 0 atom stereocenters. The average Bonchev–Trinajstić information content (AvgIpc) is 2.57. The van der Waals surface area contributed by atoms with Gasteiger partial charge in [0.25, 0.3) is 0 Å². The standard InChI is InChI=1S/C12H17F3N2/c1-8(2)10-5-16-11-6-17(4-3-9(10)11)7-12(13,14)15/h5,8,16H,3-4,6-7H2,1-2H3. The fraction of sp³-hybridized carbons (Fsp3) is 0.667. The molecule has 0 aromatic carbocycles. The largest absolute Gasteiger partial charge is 0.401 e. The van der Waals surface area contributed by atoms with Crippen molar-refractivity contribution < 1.29 is 13.2 Å². The van der Waals surface area contributed by atoms with Crippen LogP contribution in [0, 0.1) is 0 Å². The normalized spacial score (nSPS) is 17.5. The maximum Gasteiger partial charge on any atom is 0.401 e. The van der Waals surface area contributed by atoms with E-state index in [1.165, 1.54) is 16.0 Å². The van der Waals surface area contributed by atoms with Crippen molar-refractivity contribution in [3.8, 4) is 0 Å². The van der Waals surface area contributed by atoms with Crippen molar-refractivity contribution in [3.63, 3.8) is 0 Å². The lowest BCUT2D eigenvalue weighted by Crippen LogP contribution is -2.38. The molecule has 1 N–H and O–H groups in total. The van der Waals surface area contributed by atoms with Crippen LogP contribution in [-0.2, 0) is 13.0 Å². The van der Waals surface area contributed by atoms with Crippen LogP contribution in [-0.4, -0.2) is 29.1 Å². The van der Waals surface area contributed by atoms with Crippen LogP contribution in [0.25, 0.3) is 0 Å². The molecule has 1 aromatic heterocycles. The van der Waals surface area contributed by atoms with Crippen LogP contribution in [0.2, 0.25) is 0 Å². The number of H-pyrrole nitrogens is 1. The van der Waals surface area contributed by atoms with Gasteiger partial charge < -0.3 is 4.98 Å². The summed E-state index contributed by atoms with van der Waals surface area (Å²) < 4.78 is 36.9. The molecule has 1 aliphatic rings. The lowest BCUT2D eigenvalue weighted by Gasteiger charge is -2.28. The van der Waals surface area contributed by atoms with Crippen molar-refractivity contribution in [1.82, 2.24) is 9.88 Å². The average molecular weight is 246 g/mol. The quantitative estimate of drug-likeness (QED) is 0.849. The zero-order valence-electron chi connectivity index (χ0n) is 10.1. The highest BCUT2D eigenvalue weighted by molar-refractivity contribution is 5.35. The maximum absolute atomic E-state index is 12.3. The molecule has 0 spiro atoms. The molecule has 1 aliphatic heterocycles. The minimum absolute atomic E-state index is 0.377. The summed E-state index contributed by atoms with van der Waals surface area (Å²) in [7, 11) is 0. The lowest BCUT2D eigenvalue weighted by molar-refractivity contribution is -0.147. The summed E-state index contributed by atoms with van der Waals surface area (Å²) in [6.07, 6.45) is -1.46. The van der Waals surface area contributed by atoms with Gasteiger partial charge in [-0.25, -0.2) is 0 Å². The van der Waals surface area contributed by atoms with Gasteiger partial charge in [-0.15, -0.1) is 0 Å². The lowest BCUT2D eigenvalue weighted by atomic mass is 9.96. The molecule has 0 amide bonds. The summed E-state index contributed by atoms with van der Waals surface area (Å²) in [6.45, 7) is 4.26. The van der Waals surface area contributed by atoms with Crippen LogP contribution in [0.1, 0.15) is 36.6 Å². The maximum atomic E-state index is 12.3. The van der Waals surface area contributed by atoms with Gasteiger partial charge in [0.05, 0.1) is 6.54 Å². The molecule has 96 valence electrons. The predicted molar refractivity (Wildman–Crippen MR) is 59.9 cm³/mol. The summed E-state index contributed by atoms with van der Waals surface area (Å²) >= 11 is 0. The number of aromatic amines is 1. The van der Waals surface area contributed by atoms with Crippen molar-refractivity contribution in [2.45, 2.75) is 38.9 Å². The fourth-order valence-corrected chi connectivity index (χ4v) is 2.43. The zero-order chi connectivity index (χ0) is 12.6. The summed E-state index contributed by atoms with van der Waals surface area (Å²) in [5, 5.41) is 0. The molecular weight excluding hydrogens is 229 g/mol. The first-order valence-electron chi connectivity index (χ1n) is 5.85. The third-order valence-corrected chi connectivity index (χ3v) is 3.20. The van der Waals surface area contributed by atoms with Crippen LogP contribution in [0.4, 0.5) is 13.2 Å².